The minimum Gasteiger partial charge on any atom is -0.294 e. The van der Waals surface area contributed by atoms with Crippen LogP contribution in [0.25, 0.3) is 0 Å². The average Bonchev–Trinajstić information content (AvgIpc) is 2.43. The molecule has 0 N–H and O–H groups in total. The summed E-state index contributed by atoms with van der Waals surface area (Å²) in [7, 11) is 0. The topological polar surface area (TPSA) is 34.1 Å². The summed E-state index contributed by atoms with van der Waals surface area (Å²) in [6, 6.07) is 5.60. The Morgan fingerprint density at radius 1 is 1.14 bits per heavy atom. The number of fused-ring (bicyclic) bond motifs is 1. The van der Waals surface area contributed by atoms with E-state index in [1.54, 1.807) is 6.07 Å². The lowest BCUT2D eigenvalue weighted by Crippen LogP contribution is -1.93. The highest BCUT2D eigenvalue weighted by Gasteiger charge is 2.26. The number of rotatable bonds is 2. The van der Waals surface area contributed by atoms with Crippen LogP contribution in [0.3, 0.4) is 0 Å². The number of carbonyl (C=O) groups is 2. The summed E-state index contributed by atoms with van der Waals surface area (Å²) in [5.41, 5.74) is 2.38. The van der Waals surface area contributed by atoms with Crippen LogP contribution in [0.2, 0.25) is 0 Å². The molecule has 2 heteroatoms. The molecule has 0 heterocycles. The van der Waals surface area contributed by atoms with Gasteiger partial charge in [0.25, 0.3) is 0 Å². The van der Waals surface area contributed by atoms with Crippen LogP contribution in [0.4, 0.5) is 0 Å². The monoisotopic (exact) mass is 188 g/mol. The summed E-state index contributed by atoms with van der Waals surface area (Å²) in [6.07, 6.45) is 2.08. The lowest BCUT2D eigenvalue weighted by molar-refractivity contribution is 0.0923. The van der Waals surface area contributed by atoms with Crippen molar-refractivity contribution >= 4 is 11.6 Å². The van der Waals surface area contributed by atoms with Crippen molar-refractivity contribution in [2.45, 2.75) is 26.2 Å². The fourth-order valence-corrected chi connectivity index (χ4v) is 1.85. The number of carbonyl (C=O) groups excluding carboxylic acids is 2. The number of benzene rings is 1. The van der Waals surface area contributed by atoms with E-state index in [9.17, 15) is 9.59 Å². The molecule has 0 unspecified atom stereocenters. The molecule has 0 saturated heterocycles. The first-order valence-electron chi connectivity index (χ1n) is 4.91. The Labute approximate surface area is 82.9 Å². The highest BCUT2D eigenvalue weighted by Crippen LogP contribution is 2.23. The van der Waals surface area contributed by atoms with E-state index in [0.29, 0.717) is 11.1 Å². The van der Waals surface area contributed by atoms with Gasteiger partial charge in [0.05, 0.1) is 6.42 Å². The highest BCUT2D eigenvalue weighted by atomic mass is 16.2. The van der Waals surface area contributed by atoms with Crippen molar-refractivity contribution in [2.24, 2.45) is 0 Å². The highest BCUT2D eigenvalue weighted by molar-refractivity contribution is 6.24. The van der Waals surface area contributed by atoms with Gasteiger partial charge in [0.2, 0.25) is 0 Å². The fraction of sp³-hybridized carbons (Fsp3) is 0.333. The van der Waals surface area contributed by atoms with Crippen molar-refractivity contribution < 1.29 is 9.59 Å². The Morgan fingerprint density at radius 3 is 2.57 bits per heavy atom. The van der Waals surface area contributed by atoms with E-state index in [1.165, 1.54) is 0 Å². The second kappa shape index (κ2) is 3.37. The molecule has 72 valence electrons. The zero-order valence-corrected chi connectivity index (χ0v) is 8.17. The number of ketones is 2. The van der Waals surface area contributed by atoms with Crippen molar-refractivity contribution in [3.63, 3.8) is 0 Å². The Kier molecular flexibility index (Phi) is 2.20. The second-order valence-corrected chi connectivity index (χ2v) is 3.65. The molecule has 0 bridgehead atoms. The molecule has 1 aromatic rings. The molecule has 0 aromatic heterocycles. The van der Waals surface area contributed by atoms with E-state index < -0.39 is 0 Å². The van der Waals surface area contributed by atoms with E-state index in [2.05, 4.69) is 6.92 Å². The molecular weight excluding hydrogens is 176 g/mol. The van der Waals surface area contributed by atoms with Crippen LogP contribution in [0.15, 0.2) is 18.2 Å². The Morgan fingerprint density at radius 2 is 1.86 bits per heavy atom. The SMILES string of the molecule is CCCc1ccc2c(c1)C(=O)CC2=O. The van der Waals surface area contributed by atoms with Crippen molar-refractivity contribution in [3.8, 4) is 0 Å². The van der Waals surface area contributed by atoms with E-state index in [0.717, 1.165) is 18.4 Å². The molecule has 2 nitrogen and oxygen atoms in total. The van der Waals surface area contributed by atoms with Gasteiger partial charge in [-0.2, -0.15) is 0 Å². The van der Waals surface area contributed by atoms with Crippen molar-refractivity contribution in [1.29, 1.82) is 0 Å². The van der Waals surface area contributed by atoms with Crippen LogP contribution in [0.1, 0.15) is 46.0 Å². The zero-order valence-electron chi connectivity index (χ0n) is 8.17. The van der Waals surface area contributed by atoms with E-state index in [-0.39, 0.29) is 18.0 Å². The number of hydrogen-bond donors (Lipinski definition) is 0. The van der Waals surface area contributed by atoms with Crippen LogP contribution >= 0.6 is 0 Å². The van der Waals surface area contributed by atoms with E-state index >= 15 is 0 Å². The molecule has 1 aromatic carbocycles. The molecule has 1 aliphatic rings. The summed E-state index contributed by atoms with van der Waals surface area (Å²) >= 11 is 0. The zero-order chi connectivity index (χ0) is 10.1. The summed E-state index contributed by atoms with van der Waals surface area (Å²) < 4.78 is 0. The standard InChI is InChI=1S/C12H12O2/c1-2-3-8-4-5-9-10(6-8)12(14)7-11(9)13/h4-6H,2-3,7H2,1H3. The van der Waals surface area contributed by atoms with E-state index in [4.69, 9.17) is 0 Å². The van der Waals surface area contributed by atoms with Crippen LogP contribution < -0.4 is 0 Å². The Hall–Kier alpha value is -1.44. The summed E-state index contributed by atoms with van der Waals surface area (Å²) in [5, 5.41) is 0. The maximum atomic E-state index is 11.4. The summed E-state index contributed by atoms with van der Waals surface area (Å²) in [5.74, 6) is -0.0593. The predicted molar refractivity (Wildman–Crippen MR) is 53.7 cm³/mol. The smallest absolute Gasteiger partial charge is 0.171 e. The Balaban J connectivity index is 2.44. The van der Waals surface area contributed by atoms with Gasteiger partial charge in [-0.05, 0) is 18.1 Å². The van der Waals surface area contributed by atoms with Gasteiger partial charge in [-0.1, -0.05) is 25.5 Å². The van der Waals surface area contributed by atoms with Gasteiger partial charge < -0.3 is 0 Å². The van der Waals surface area contributed by atoms with Gasteiger partial charge in [0.15, 0.2) is 11.6 Å². The molecule has 1 aliphatic carbocycles. The normalized spacial score (nSPS) is 14.6. The average molecular weight is 188 g/mol. The lowest BCUT2D eigenvalue weighted by atomic mass is 10.0. The van der Waals surface area contributed by atoms with E-state index in [1.807, 2.05) is 12.1 Å². The molecular formula is C12H12O2. The molecule has 0 fully saturated rings. The Bertz CT molecular complexity index is 405. The van der Waals surface area contributed by atoms with Gasteiger partial charge in [-0.15, -0.1) is 0 Å². The fourth-order valence-electron chi connectivity index (χ4n) is 1.85. The lowest BCUT2D eigenvalue weighted by Gasteiger charge is -2.01. The van der Waals surface area contributed by atoms with Crippen molar-refractivity contribution in [2.75, 3.05) is 0 Å². The molecule has 0 aliphatic heterocycles. The number of Topliss-reactive ketones (excluding diaryl/α,β-unsaturated/α-hetero) is 2. The third kappa shape index (κ3) is 1.37. The molecule has 0 radical (unpaired) electrons. The summed E-state index contributed by atoms with van der Waals surface area (Å²) in [4.78, 5) is 22.7. The molecule has 0 atom stereocenters. The predicted octanol–water partition coefficient (Wildman–Crippen LogP) is 2.41. The van der Waals surface area contributed by atoms with Crippen LogP contribution in [-0.4, -0.2) is 11.6 Å². The third-order valence-corrected chi connectivity index (χ3v) is 2.54. The van der Waals surface area contributed by atoms with Gasteiger partial charge in [-0.3, -0.25) is 9.59 Å². The van der Waals surface area contributed by atoms with Gasteiger partial charge >= 0.3 is 0 Å². The maximum Gasteiger partial charge on any atom is 0.171 e. The largest absolute Gasteiger partial charge is 0.294 e. The molecule has 0 amide bonds. The van der Waals surface area contributed by atoms with Crippen LogP contribution in [0, 0.1) is 0 Å². The van der Waals surface area contributed by atoms with Crippen molar-refractivity contribution in [1.82, 2.24) is 0 Å². The number of hydrogen-bond acceptors (Lipinski definition) is 2. The first-order valence-corrected chi connectivity index (χ1v) is 4.91. The van der Waals surface area contributed by atoms with Gasteiger partial charge in [0.1, 0.15) is 0 Å². The van der Waals surface area contributed by atoms with Crippen LogP contribution in [0.5, 0.6) is 0 Å². The number of aryl methyl sites for hydroxylation is 1. The minimum atomic E-state index is -0.0342. The van der Waals surface area contributed by atoms with Gasteiger partial charge in [-0.25, -0.2) is 0 Å². The molecule has 0 saturated carbocycles. The maximum absolute atomic E-state index is 11.4. The first kappa shape index (κ1) is 9.13. The van der Waals surface area contributed by atoms with Gasteiger partial charge in [0, 0.05) is 11.1 Å². The minimum absolute atomic E-state index is 0.0250. The quantitative estimate of drug-likeness (QED) is 0.668. The molecule has 2 rings (SSSR count). The third-order valence-electron chi connectivity index (χ3n) is 2.54. The summed E-state index contributed by atoms with van der Waals surface area (Å²) in [6.45, 7) is 2.10. The molecule has 0 spiro atoms. The second-order valence-electron chi connectivity index (χ2n) is 3.65. The molecule has 14 heavy (non-hydrogen) atoms. The van der Waals surface area contributed by atoms with Crippen LogP contribution in [-0.2, 0) is 6.42 Å². The van der Waals surface area contributed by atoms with Crippen molar-refractivity contribution in [3.05, 3.63) is 34.9 Å². The first-order chi connectivity index (χ1) is 6.72.